The van der Waals surface area contributed by atoms with Gasteiger partial charge in [-0.1, -0.05) is 11.6 Å². The minimum atomic E-state index is -0.831. The molecule has 0 aromatic heterocycles. The zero-order valence-electron chi connectivity index (χ0n) is 7.71. The van der Waals surface area contributed by atoms with Crippen LogP contribution >= 0.6 is 11.6 Å². The summed E-state index contributed by atoms with van der Waals surface area (Å²) in [5.74, 6) is 0.173. The lowest BCUT2D eigenvalue weighted by Gasteiger charge is -2.17. The predicted molar refractivity (Wildman–Crippen MR) is 53.1 cm³/mol. The van der Waals surface area contributed by atoms with Crippen LogP contribution in [0.4, 0.5) is 0 Å². The van der Waals surface area contributed by atoms with Gasteiger partial charge in [-0.15, -0.1) is 0 Å². The average molecular weight is 201 g/mol. The maximum absolute atomic E-state index is 9.53. The molecule has 0 aliphatic carbocycles. The van der Waals surface area contributed by atoms with Crippen LogP contribution < -0.4 is 0 Å². The van der Waals surface area contributed by atoms with Gasteiger partial charge in [0.1, 0.15) is 5.75 Å². The van der Waals surface area contributed by atoms with Crippen LogP contribution in [0.2, 0.25) is 5.02 Å². The Morgan fingerprint density at radius 2 is 2.00 bits per heavy atom. The lowest BCUT2D eigenvalue weighted by Crippen LogP contribution is -2.21. The van der Waals surface area contributed by atoms with Crippen molar-refractivity contribution in [3.05, 3.63) is 28.8 Å². The molecule has 0 unspecified atom stereocenters. The molecule has 0 heterocycles. The molecule has 0 saturated carbocycles. The number of phenols is 1. The monoisotopic (exact) mass is 200 g/mol. The summed E-state index contributed by atoms with van der Waals surface area (Å²) in [7, 11) is 0. The van der Waals surface area contributed by atoms with Gasteiger partial charge in [-0.25, -0.2) is 0 Å². The predicted octanol–water partition coefficient (Wildman–Crippen LogP) is 2.36. The molecule has 72 valence electrons. The van der Waals surface area contributed by atoms with Crippen molar-refractivity contribution in [2.24, 2.45) is 0 Å². The second-order valence-electron chi connectivity index (χ2n) is 3.76. The first kappa shape index (κ1) is 10.4. The van der Waals surface area contributed by atoms with Crippen LogP contribution in [0.3, 0.4) is 0 Å². The summed E-state index contributed by atoms with van der Waals surface area (Å²) in [6.07, 6.45) is 0.388. The van der Waals surface area contributed by atoms with Gasteiger partial charge in [0, 0.05) is 11.4 Å². The molecule has 0 fully saturated rings. The first-order valence-electron chi connectivity index (χ1n) is 4.08. The van der Waals surface area contributed by atoms with Gasteiger partial charge in [-0.2, -0.15) is 0 Å². The molecule has 0 atom stereocenters. The lowest BCUT2D eigenvalue weighted by atomic mass is 9.98. The molecule has 3 heteroatoms. The molecule has 0 spiro atoms. The third-order valence-electron chi connectivity index (χ3n) is 1.66. The van der Waals surface area contributed by atoms with E-state index in [4.69, 9.17) is 11.6 Å². The van der Waals surface area contributed by atoms with Crippen LogP contribution in [0.5, 0.6) is 5.75 Å². The van der Waals surface area contributed by atoms with Gasteiger partial charge in [0.2, 0.25) is 0 Å². The number of halogens is 1. The van der Waals surface area contributed by atoms with Gasteiger partial charge in [-0.3, -0.25) is 0 Å². The Morgan fingerprint density at radius 1 is 1.38 bits per heavy atom. The second kappa shape index (κ2) is 3.56. The topological polar surface area (TPSA) is 40.5 Å². The minimum absolute atomic E-state index is 0.173. The highest BCUT2D eigenvalue weighted by Gasteiger charge is 2.15. The SMILES string of the molecule is CC(C)(O)Cc1cc(Cl)ccc1O. The summed E-state index contributed by atoms with van der Waals surface area (Å²) >= 11 is 5.75. The quantitative estimate of drug-likeness (QED) is 0.770. The first-order valence-corrected chi connectivity index (χ1v) is 4.46. The number of phenolic OH excluding ortho intramolecular Hbond substituents is 1. The number of hydrogen-bond acceptors (Lipinski definition) is 2. The van der Waals surface area contributed by atoms with E-state index >= 15 is 0 Å². The van der Waals surface area contributed by atoms with Crippen molar-refractivity contribution in [3.63, 3.8) is 0 Å². The zero-order valence-corrected chi connectivity index (χ0v) is 8.47. The van der Waals surface area contributed by atoms with Crippen molar-refractivity contribution in [2.75, 3.05) is 0 Å². The smallest absolute Gasteiger partial charge is 0.118 e. The van der Waals surface area contributed by atoms with E-state index in [0.717, 1.165) is 0 Å². The van der Waals surface area contributed by atoms with Gasteiger partial charge in [0.05, 0.1) is 5.60 Å². The normalized spacial score (nSPS) is 11.7. The van der Waals surface area contributed by atoms with Crippen molar-refractivity contribution in [3.8, 4) is 5.75 Å². The number of hydrogen-bond donors (Lipinski definition) is 2. The van der Waals surface area contributed by atoms with Crippen molar-refractivity contribution in [1.29, 1.82) is 0 Å². The Bertz CT molecular complexity index is 302. The molecule has 13 heavy (non-hydrogen) atoms. The summed E-state index contributed by atoms with van der Waals surface area (Å²) in [5, 5.41) is 19.5. The van der Waals surface area contributed by atoms with Crippen LogP contribution in [-0.4, -0.2) is 15.8 Å². The van der Waals surface area contributed by atoms with Crippen LogP contribution in [-0.2, 0) is 6.42 Å². The van der Waals surface area contributed by atoms with Gasteiger partial charge in [-0.05, 0) is 37.6 Å². The van der Waals surface area contributed by atoms with Crippen molar-refractivity contribution < 1.29 is 10.2 Å². The number of benzene rings is 1. The standard InChI is InChI=1S/C10H13ClO2/c1-10(2,13)6-7-5-8(11)3-4-9(7)12/h3-5,12-13H,6H2,1-2H3. The Labute approximate surface area is 82.8 Å². The molecule has 0 amide bonds. The van der Waals surface area contributed by atoms with E-state index in [1.54, 1.807) is 26.0 Å². The van der Waals surface area contributed by atoms with E-state index < -0.39 is 5.60 Å². The Hall–Kier alpha value is -0.730. The summed E-state index contributed by atoms with van der Waals surface area (Å²) in [5.41, 5.74) is -0.165. The van der Waals surface area contributed by atoms with Crippen LogP contribution in [0.15, 0.2) is 18.2 Å². The molecular weight excluding hydrogens is 188 g/mol. The third-order valence-corrected chi connectivity index (χ3v) is 1.90. The number of rotatable bonds is 2. The van der Waals surface area contributed by atoms with E-state index in [1.165, 1.54) is 6.07 Å². The zero-order chi connectivity index (χ0) is 10.1. The molecule has 2 nitrogen and oxygen atoms in total. The summed E-state index contributed by atoms with van der Waals surface area (Å²) in [4.78, 5) is 0. The average Bonchev–Trinajstić information content (AvgIpc) is 1.94. The Morgan fingerprint density at radius 3 is 2.54 bits per heavy atom. The van der Waals surface area contributed by atoms with E-state index in [-0.39, 0.29) is 5.75 Å². The highest BCUT2D eigenvalue weighted by molar-refractivity contribution is 6.30. The maximum atomic E-state index is 9.53. The van der Waals surface area contributed by atoms with Crippen molar-refractivity contribution in [1.82, 2.24) is 0 Å². The molecule has 0 aliphatic rings. The van der Waals surface area contributed by atoms with Crippen molar-refractivity contribution >= 4 is 11.6 Å². The van der Waals surface area contributed by atoms with E-state index in [0.29, 0.717) is 17.0 Å². The van der Waals surface area contributed by atoms with Gasteiger partial charge in [0.15, 0.2) is 0 Å². The maximum Gasteiger partial charge on any atom is 0.118 e. The summed E-state index contributed by atoms with van der Waals surface area (Å²) in [6.45, 7) is 3.38. The summed E-state index contributed by atoms with van der Waals surface area (Å²) in [6, 6.07) is 4.81. The van der Waals surface area contributed by atoms with Gasteiger partial charge >= 0.3 is 0 Å². The Balaban J connectivity index is 2.94. The Kier molecular flexibility index (Phi) is 2.84. The number of aliphatic hydroxyl groups is 1. The van der Waals surface area contributed by atoms with E-state index in [1.807, 2.05) is 0 Å². The minimum Gasteiger partial charge on any atom is -0.508 e. The number of aromatic hydroxyl groups is 1. The molecule has 0 radical (unpaired) electrons. The molecule has 1 rings (SSSR count). The molecule has 2 N–H and O–H groups in total. The highest BCUT2D eigenvalue weighted by Crippen LogP contribution is 2.25. The van der Waals surface area contributed by atoms with Gasteiger partial charge < -0.3 is 10.2 Å². The molecule has 0 saturated heterocycles. The van der Waals surface area contributed by atoms with Gasteiger partial charge in [0.25, 0.3) is 0 Å². The largest absolute Gasteiger partial charge is 0.508 e. The summed E-state index contributed by atoms with van der Waals surface area (Å²) < 4.78 is 0. The van der Waals surface area contributed by atoms with E-state index in [2.05, 4.69) is 0 Å². The molecule has 1 aromatic carbocycles. The fourth-order valence-electron chi connectivity index (χ4n) is 1.16. The van der Waals surface area contributed by atoms with E-state index in [9.17, 15) is 10.2 Å². The molecule has 0 bridgehead atoms. The fourth-order valence-corrected chi connectivity index (χ4v) is 1.36. The second-order valence-corrected chi connectivity index (χ2v) is 4.20. The van der Waals surface area contributed by atoms with Crippen LogP contribution in [0, 0.1) is 0 Å². The molecule has 1 aromatic rings. The van der Waals surface area contributed by atoms with Crippen molar-refractivity contribution in [2.45, 2.75) is 25.9 Å². The third kappa shape index (κ3) is 3.25. The fraction of sp³-hybridized carbons (Fsp3) is 0.400. The van der Waals surface area contributed by atoms with Crippen LogP contribution in [0.25, 0.3) is 0 Å². The van der Waals surface area contributed by atoms with Crippen LogP contribution in [0.1, 0.15) is 19.4 Å². The first-order chi connectivity index (χ1) is 5.88. The molecular formula is C10H13ClO2. The lowest BCUT2D eigenvalue weighted by molar-refractivity contribution is 0.0803. The highest BCUT2D eigenvalue weighted by atomic mass is 35.5. The molecule has 0 aliphatic heterocycles.